The minimum atomic E-state index is 0.586. The molecule has 0 amide bonds. The monoisotopic (exact) mass is 805 g/mol. The highest BCUT2D eigenvalue weighted by Crippen LogP contribution is 2.44. The molecule has 0 saturated carbocycles. The van der Waals surface area contributed by atoms with Gasteiger partial charge in [0.2, 0.25) is 0 Å². The van der Waals surface area contributed by atoms with E-state index in [0.717, 1.165) is 72.2 Å². The van der Waals surface area contributed by atoms with E-state index in [1.54, 1.807) is 0 Å². The molecule has 0 atom stereocenters. The van der Waals surface area contributed by atoms with Crippen LogP contribution < -0.4 is 0 Å². The van der Waals surface area contributed by atoms with Crippen LogP contribution in [-0.4, -0.2) is 24.1 Å². The Hall–Kier alpha value is -8.61. The van der Waals surface area contributed by atoms with Crippen molar-refractivity contribution in [2.75, 3.05) is 0 Å². The molecule has 13 aromatic rings. The standard InChI is InChI=1S/C57H35N5O/c1-4-16-36(17-5-1)38-20-14-21-39(34-38)56-58-55(37-18-6-2-7-19-37)59-57(60-56)45-26-15-29-50-52(45)44-31-30-41(35-51(44)63-50)62-47-28-13-11-25-43(47)54-49(62)33-32-48-53(54)42-24-10-12-27-46(42)61(48)40-22-8-3-9-23-40/h1-35H. The summed E-state index contributed by atoms with van der Waals surface area (Å²) in [6.45, 7) is 0. The third-order valence-electron chi connectivity index (χ3n) is 12.4. The molecule has 63 heavy (non-hydrogen) atoms. The van der Waals surface area contributed by atoms with Gasteiger partial charge in [-0.2, -0.15) is 0 Å². The van der Waals surface area contributed by atoms with Crippen LogP contribution in [-0.2, 0) is 0 Å². The van der Waals surface area contributed by atoms with Crippen molar-refractivity contribution < 1.29 is 4.42 Å². The SMILES string of the molecule is c1ccc(-c2cccc(-c3nc(-c4ccccc4)nc(-c4cccc5oc6cc(-n7c8ccccc8c8c9c%10ccccc%10n(-c%10ccccc%10)c9ccc87)ccc6c45)n3)c2)cc1. The van der Waals surface area contributed by atoms with Crippen molar-refractivity contribution in [3.8, 4) is 56.7 Å². The van der Waals surface area contributed by atoms with E-state index >= 15 is 0 Å². The maximum absolute atomic E-state index is 6.76. The minimum Gasteiger partial charge on any atom is -0.456 e. The number of rotatable bonds is 6. The van der Waals surface area contributed by atoms with Gasteiger partial charge in [0.05, 0.1) is 22.1 Å². The van der Waals surface area contributed by atoms with Gasteiger partial charge in [0.25, 0.3) is 0 Å². The summed E-state index contributed by atoms with van der Waals surface area (Å²) in [5.74, 6) is 1.80. The van der Waals surface area contributed by atoms with Gasteiger partial charge in [0.1, 0.15) is 11.2 Å². The summed E-state index contributed by atoms with van der Waals surface area (Å²) in [5.41, 5.74) is 13.3. The van der Waals surface area contributed by atoms with E-state index < -0.39 is 0 Å². The lowest BCUT2D eigenvalue weighted by Crippen LogP contribution is -2.00. The maximum Gasteiger partial charge on any atom is 0.164 e. The number of hydrogen-bond acceptors (Lipinski definition) is 4. The largest absolute Gasteiger partial charge is 0.456 e. The number of benzene rings is 9. The van der Waals surface area contributed by atoms with Crippen molar-refractivity contribution >= 4 is 65.6 Å². The van der Waals surface area contributed by atoms with E-state index in [-0.39, 0.29) is 0 Å². The van der Waals surface area contributed by atoms with Crippen molar-refractivity contribution in [1.82, 2.24) is 24.1 Å². The predicted molar refractivity (Wildman–Crippen MR) is 258 cm³/mol. The van der Waals surface area contributed by atoms with Crippen molar-refractivity contribution in [2.24, 2.45) is 0 Å². The molecule has 0 aliphatic carbocycles. The van der Waals surface area contributed by atoms with Crippen LogP contribution in [0.2, 0.25) is 0 Å². The molecule has 4 aromatic heterocycles. The summed E-state index contributed by atoms with van der Waals surface area (Å²) in [6, 6.07) is 74.3. The summed E-state index contributed by atoms with van der Waals surface area (Å²) >= 11 is 0. The van der Waals surface area contributed by atoms with Gasteiger partial charge in [-0.3, -0.25) is 0 Å². The molecule has 6 heteroatoms. The van der Waals surface area contributed by atoms with E-state index in [1.165, 1.54) is 32.6 Å². The fraction of sp³-hybridized carbons (Fsp3) is 0. The number of furan rings is 1. The Balaban J connectivity index is 0.999. The first kappa shape index (κ1) is 35.2. The second kappa shape index (κ2) is 14.0. The average molecular weight is 806 g/mol. The second-order valence-electron chi connectivity index (χ2n) is 16.0. The Morgan fingerprint density at radius 1 is 0.302 bits per heavy atom. The van der Waals surface area contributed by atoms with Gasteiger partial charge < -0.3 is 13.6 Å². The van der Waals surface area contributed by atoms with E-state index in [1.807, 2.05) is 48.5 Å². The smallest absolute Gasteiger partial charge is 0.164 e. The van der Waals surface area contributed by atoms with Crippen LogP contribution in [0.3, 0.4) is 0 Å². The third kappa shape index (κ3) is 5.55. The van der Waals surface area contributed by atoms with Crippen LogP contribution in [0.25, 0.3) is 122 Å². The molecule has 0 saturated heterocycles. The number of aromatic nitrogens is 5. The average Bonchev–Trinajstić information content (AvgIpc) is 4.02. The first-order valence-electron chi connectivity index (χ1n) is 21.2. The highest BCUT2D eigenvalue weighted by atomic mass is 16.3. The molecule has 0 fully saturated rings. The fourth-order valence-electron chi connectivity index (χ4n) is 9.60. The predicted octanol–water partition coefficient (Wildman–Crippen LogP) is 14.6. The molecular weight excluding hydrogens is 771 g/mol. The van der Waals surface area contributed by atoms with Crippen LogP contribution in [0.15, 0.2) is 217 Å². The van der Waals surface area contributed by atoms with E-state index in [9.17, 15) is 0 Å². The van der Waals surface area contributed by atoms with E-state index in [0.29, 0.717) is 17.5 Å². The van der Waals surface area contributed by atoms with E-state index in [4.69, 9.17) is 19.4 Å². The third-order valence-corrected chi connectivity index (χ3v) is 12.4. The second-order valence-corrected chi connectivity index (χ2v) is 16.0. The molecule has 0 aliphatic rings. The number of para-hydroxylation sites is 3. The molecule has 0 spiro atoms. The molecule has 0 aliphatic heterocycles. The summed E-state index contributed by atoms with van der Waals surface area (Å²) < 4.78 is 11.5. The summed E-state index contributed by atoms with van der Waals surface area (Å²) in [5, 5.41) is 6.87. The summed E-state index contributed by atoms with van der Waals surface area (Å²) in [6.07, 6.45) is 0. The lowest BCUT2D eigenvalue weighted by Gasteiger charge is -2.10. The normalized spacial score (nSPS) is 11.8. The van der Waals surface area contributed by atoms with Crippen LogP contribution in [0, 0.1) is 0 Å². The van der Waals surface area contributed by atoms with Gasteiger partial charge in [-0.25, -0.2) is 15.0 Å². The number of hydrogen-bond donors (Lipinski definition) is 0. The van der Waals surface area contributed by atoms with Gasteiger partial charge >= 0.3 is 0 Å². The van der Waals surface area contributed by atoms with Crippen molar-refractivity contribution in [1.29, 1.82) is 0 Å². The molecule has 294 valence electrons. The van der Waals surface area contributed by atoms with Gasteiger partial charge in [-0.15, -0.1) is 0 Å². The van der Waals surface area contributed by atoms with Crippen LogP contribution in [0.5, 0.6) is 0 Å². The van der Waals surface area contributed by atoms with Gasteiger partial charge in [-0.1, -0.05) is 146 Å². The maximum atomic E-state index is 6.76. The summed E-state index contributed by atoms with van der Waals surface area (Å²) in [7, 11) is 0. The molecule has 9 aromatic carbocycles. The Morgan fingerprint density at radius 3 is 1.54 bits per heavy atom. The molecule has 0 bridgehead atoms. The van der Waals surface area contributed by atoms with Crippen LogP contribution in [0.1, 0.15) is 0 Å². The van der Waals surface area contributed by atoms with Gasteiger partial charge in [0.15, 0.2) is 17.5 Å². The minimum absolute atomic E-state index is 0.586. The van der Waals surface area contributed by atoms with Gasteiger partial charge in [0, 0.05) is 66.4 Å². The van der Waals surface area contributed by atoms with Crippen LogP contribution >= 0.6 is 0 Å². The van der Waals surface area contributed by atoms with Crippen molar-refractivity contribution in [3.63, 3.8) is 0 Å². The van der Waals surface area contributed by atoms with Gasteiger partial charge in [-0.05, 0) is 71.8 Å². The Kier molecular flexibility index (Phi) is 7.80. The Labute approximate surface area is 361 Å². The zero-order valence-electron chi connectivity index (χ0n) is 33.9. The molecular formula is C57H35N5O. The fourth-order valence-corrected chi connectivity index (χ4v) is 9.60. The molecule has 0 N–H and O–H groups in total. The van der Waals surface area contributed by atoms with Crippen molar-refractivity contribution in [2.45, 2.75) is 0 Å². The zero-order valence-corrected chi connectivity index (χ0v) is 33.9. The van der Waals surface area contributed by atoms with Crippen LogP contribution in [0.4, 0.5) is 0 Å². The zero-order chi connectivity index (χ0) is 41.4. The molecule has 13 rings (SSSR count). The summed E-state index contributed by atoms with van der Waals surface area (Å²) in [4.78, 5) is 15.4. The molecule has 6 nitrogen and oxygen atoms in total. The topological polar surface area (TPSA) is 61.7 Å². The quantitative estimate of drug-likeness (QED) is 0.168. The lowest BCUT2D eigenvalue weighted by molar-refractivity contribution is 0.668. The lowest BCUT2D eigenvalue weighted by atomic mass is 10.0. The first-order chi connectivity index (χ1) is 31.2. The van der Waals surface area contributed by atoms with Crippen molar-refractivity contribution in [3.05, 3.63) is 212 Å². The molecule has 0 radical (unpaired) electrons. The highest BCUT2D eigenvalue weighted by molar-refractivity contribution is 6.29. The number of fused-ring (bicyclic) bond motifs is 10. The highest BCUT2D eigenvalue weighted by Gasteiger charge is 2.22. The Bertz CT molecular complexity index is 3900. The molecule has 0 unspecified atom stereocenters. The van der Waals surface area contributed by atoms with E-state index in [2.05, 4.69) is 173 Å². The molecule has 4 heterocycles. The number of nitrogens with zero attached hydrogens (tertiary/aromatic N) is 5. The first-order valence-corrected chi connectivity index (χ1v) is 21.2. The Morgan fingerprint density at radius 2 is 0.841 bits per heavy atom.